The van der Waals surface area contributed by atoms with Crippen molar-refractivity contribution in [2.45, 2.75) is 76.6 Å². The maximum Gasteiger partial charge on any atom is 0.209 e. The van der Waals surface area contributed by atoms with Gasteiger partial charge in [-0.1, -0.05) is 6.42 Å². The lowest BCUT2D eigenvalue weighted by Gasteiger charge is -2.41. The first-order valence-electron chi connectivity index (χ1n) is 10.8. The van der Waals surface area contributed by atoms with Crippen LogP contribution in [0, 0.1) is 0 Å². The van der Waals surface area contributed by atoms with Crippen LogP contribution in [0.5, 0.6) is 5.75 Å². The molecule has 5 heteroatoms. The van der Waals surface area contributed by atoms with E-state index >= 15 is 0 Å². The van der Waals surface area contributed by atoms with Crippen molar-refractivity contribution in [1.82, 2.24) is 14.8 Å². The number of nitrogens with zero attached hydrogens (tertiary/aromatic N) is 3. The number of benzene rings is 1. The van der Waals surface area contributed by atoms with Gasteiger partial charge in [0.2, 0.25) is 5.89 Å². The zero-order valence-corrected chi connectivity index (χ0v) is 16.4. The fraction of sp³-hybridized carbons (Fsp3) is 0.682. The minimum atomic E-state index is 0.326. The molecule has 1 aliphatic carbocycles. The normalized spacial score (nSPS) is 25.9. The molecular formula is C22H31N3O2. The predicted molar refractivity (Wildman–Crippen MR) is 106 cm³/mol. The van der Waals surface area contributed by atoms with Crippen molar-refractivity contribution in [1.29, 1.82) is 0 Å². The quantitative estimate of drug-likeness (QED) is 0.790. The SMILES string of the molecule is CC1CCCN1Cc1nc2ccc(OC3CCN(C4CCC4)CC3)cc2o1. The molecule has 1 saturated carbocycles. The average Bonchev–Trinajstić information content (AvgIpc) is 3.21. The molecule has 5 nitrogen and oxygen atoms in total. The molecular weight excluding hydrogens is 338 g/mol. The third-order valence-electron chi connectivity index (χ3n) is 6.80. The summed E-state index contributed by atoms with van der Waals surface area (Å²) in [6.45, 7) is 6.60. The molecule has 27 heavy (non-hydrogen) atoms. The number of rotatable bonds is 5. The Balaban J connectivity index is 1.21. The van der Waals surface area contributed by atoms with Gasteiger partial charge in [-0.3, -0.25) is 4.90 Å². The van der Waals surface area contributed by atoms with Gasteiger partial charge in [0.1, 0.15) is 17.4 Å². The van der Waals surface area contributed by atoms with Crippen LogP contribution in [0.3, 0.4) is 0 Å². The van der Waals surface area contributed by atoms with Gasteiger partial charge in [0.25, 0.3) is 0 Å². The summed E-state index contributed by atoms with van der Waals surface area (Å²) in [7, 11) is 0. The van der Waals surface area contributed by atoms with Gasteiger partial charge in [-0.15, -0.1) is 0 Å². The highest BCUT2D eigenvalue weighted by Crippen LogP contribution is 2.30. The molecule has 3 heterocycles. The van der Waals surface area contributed by atoms with Crippen LogP contribution in [0.25, 0.3) is 11.1 Å². The van der Waals surface area contributed by atoms with Gasteiger partial charge in [0.05, 0.1) is 6.54 Å². The number of hydrogen-bond donors (Lipinski definition) is 0. The zero-order chi connectivity index (χ0) is 18.2. The highest BCUT2D eigenvalue weighted by Gasteiger charge is 2.29. The molecule has 146 valence electrons. The summed E-state index contributed by atoms with van der Waals surface area (Å²) < 4.78 is 12.3. The van der Waals surface area contributed by atoms with E-state index in [0.717, 1.165) is 54.7 Å². The van der Waals surface area contributed by atoms with Crippen molar-refractivity contribution in [2.75, 3.05) is 19.6 Å². The smallest absolute Gasteiger partial charge is 0.209 e. The van der Waals surface area contributed by atoms with Gasteiger partial charge >= 0.3 is 0 Å². The van der Waals surface area contributed by atoms with Crippen LogP contribution in [-0.4, -0.2) is 52.6 Å². The Labute approximate surface area is 161 Å². The summed E-state index contributed by atoms with van der Waals surface area (Å²) in [5.41, 5.74) is 1.78. The van der Waals surface area contributed by atoms with E-state index in [9.17, 15) is 0 Å². The fourth-order valence-electron chi connectivity index (χ4n) is 4.80. The van der Waals surface area contributed by atoms with E-state index in [1.807, 2.05) is 18.2 Å². The fourth-order valence-corrected chi connectivity index (χ4v) is 4.80. The van der Waals surface area contributed by atoms with Gasteiger partial charge in [0.15, 0.2) is 5.58 Å². The first-order valence-corrected chi connectivity index (χ1v) is 10.8. The number of hydrogen-bond acceptors (Lipinski definition) is 5. The van der Waals surface area contributed by atoms with E-state index in [4.69, 9.17) is 9.15 Å². The Morgan fingerprint density at radius 3 is 2.63 bits per heavy atom. The molecule has 1 unspecified atom stereocenters. The van der Waals surface area contributed by atoms with Gasteiger partial charge < -0.3 is 14.1 Å². The molecule has 0 N–H and O–H groups in total. The molecule has 2 aliphatic heterocycles. The molecule has 2 aromatic rings. The predicted octanol–water partition coefficient (Wildman–Crippen LogP) is 4.21. The van der Waals surface area contributed by atoms with E-state index in [1.165, 1.54) is 45.2 Å². The maximum atomic E-state index is 6.28. The first-order chi connectivity index (χ1) is 13.2. The van der Waals surface area contributed by atoms with Crippen molar-refractivity contribution >= 4 is 11.1 Å². The second-order valence-electron chi connectivity index (χ2n) is 8.64. The van der Waals surface area contributed by atoms with E-state index in [0.29, 0.717) is 12.1 Å². The van der Waals surface area contributed by atoms with Crippen LogP contribution in [-0.2, 0) is 6.54 Å². The number of piperidine rings is 1. The molecule has 2 saturated heterocycles. The molecule has 0 bridgehead atoms. The Hall–Kier alpha value is -1.59. The van der Waals surface area contributed by atoms with E-state index in [1.54, 1.807) is 0 Å². The van der Waals surface area contributed by atoms with Crippen molar-refractivity contribution in [2.24, 2.45) is 0 Å². The lowest BCUT2D eigenvalue weighted by Crippen LogP contribution is -2.46. The molecule has 3 fully saturated rings. The van der Waals surface area contributed by atoms with Gasteiger partial charge in [-0.2, -0.15) is 0 Å². The maximum absolute atomic E-state index is 6.28. The van der Waals surface area contributed by atoms with Crippen LogP contribution >= 0.6 is 0 Å². The van der Waals surface area contributed by atoms with Crippen LogP contribution in [0.2, 0.25) is 0 Å². The van der Waals surface area contributed by atoms with Crippen molar-refractivity contribution in [3.8, 4) is 5.75 Å². The Morgan fingerprint density at radius 2 is 1.93 bits per heavy atom. The van der Waals surface area contributed by atoms with Crippen LogP contribution in [0.4, 0.5) is 0 Å². The minimum absolute atomic E-state index is 0.326. The highest BCUT2D eigenvalue weighted by molar-refractivity contribution is 5.74. The van der Waals surface area contributed by atoms with Gasteiger partial charge in [0, 0.05) is 31.2 Å². The largest absolute Gasteiger partial charge is 0.490 e. The van der Waals surface area contributed by atoms with Crippen LogP contribution in [0.1, 0.15) is 57.8 Å². The second kappa shape index (κ2) is 7.44. The lowest BCUT2D eigenvalue weighted by molar-refractivity contribution is 0.0494. The summed E-state index contributed by atoms with van der Waals surface area (Å²) >= 11 is 0. The van der Waals surface area contributed by atoms with E-state index in [-0.39, 0.29) is 0 Å². The van der Waals surface area contributed by atoms with Crippen molar-refractivity contribution < 1.29 is 9.15 Å². The molecule has 5 rings (SSSR count). The van der Waals surface area contributed by atoms with Crippen LogP contribution < -0.4 is 4.74 Å². The average molecular weight is 370 g/mol. The molecule has 1 aromatic heterocycles. The molecule has 1 aromatic carbocycles. The topological polar surface area (TPSA) is 41.7 Å². The second-order valence-corrected chi connectivity index (χ2v) is 8.64. The highest BCUT2D eigenvalue weighted by atomic mass is 16.5. The molecule has 3 aliphatic rings. The molecule has 1 atom stereocenters. The monoisotopic (exact) mass is 369 g/mol. The Kier molecular flexibility index (Phi) is 4.82. The number of oxazole rings is 1. The summed E-state index contributed by atoms with van der Waals surface area (Å²) in [6.07, 6.45) is 9.34. The summed E-state index contributed by atoms with van der Waals surface area (Å²) in [5, 5.41) is 0. The zero-order valence-electron chi connectivity index (χ0n) is 16.4. The molecule has 0 spiro atoms. The number of fused-ring (bicyclic) bond motifs is 1. The molecule has 0 amide bonds. The summed E-state index contributed by atoms with van der Waals surface area (Å²) in [6, 6.07) is 7.59. The Morgan fingerprint density at radius 1 is 1.07 bits per heavy atom. The van der Waals surface area contributed by atoms with Crippen LogP contribution in [0.15, 0.2) is 22.6 Å². The number of aromatic nitrogens is 1. The lowest BCUT2D eigenvalue weighted by atomic mass is 9.90. The van der Waals surface area contributed by atoms with Crippen molar-refractivity contribution in [3.63, 3.8) is 0 Å². The standard InChI is InChI=1S/C22H31N3O2/c1-16-4-3-11-25(16)15-22-23-20-8-7-19(14-21(20)27-22)26-18-9-12-24(13-10-18)17-5-2-6-17/h7-8,14,16-18H,2-6,9-13,15H2,1H3. The number of ether oxygens (including phenoxy) is 1. The first kappa shape index (κ1) is 17.5. The number of likely N-dealkylation sites (tertiary alicyclic amines) is 2. The third-order valence-corrected chi connectivity index (χ3v) is 6.80. The Bertz CT molecular complexity index is 777. The summed E-state index contributed by atoms with van der Waals surface area (Å²) in [4.78, 5) is 9.79. The van der Waals surface area contributed by atoms with Gasteiger partial charge in [-0.05, 0) is 64.1 Å². The summed E-state index contributed by atoms with van der Waals surface area (Å²) in [5.74, 6) is 1.74. The minimum Gasteiger partial charge on any atom is -0.490 e. The van der Waals surface area contributed by atoms with Crippen molar-refractivity contribution in [3.05, 3.63) is 24.1 Å². The van der Waals surface area contributed by atoms with E-state index < -0.39 is 0 Å². The molecule has 0 radical (unpaired) electrons. The van der Waals surface area contributed by atoms with E-state index in [2.05, 4.69) is 21.7 Å². The van der Waals surface area contributed by atoms with Gasteiger partial charge in [-0.25, -0.2) is 4.98 Å². The third kappa shape index (κ3) is 3.72.